The van der Waals surface area contributed by atoms with Crippen molar-refractivity contribution in [1.82, 2.24) is 5.32 Å². The lowest BCUT2D eigenvalue weighted by atomic mass is 9.32. The van der Waals surface area contributed by atoms with Gasteiger partial charge in [0.15, 0.2) is 0 Å². The van der Waals surface area contributed by atoms with Gasteiger partial charge >= 0.3 is 11.9 Å². The first kappa shape index (κ1) is 32.3. The molecule has 1 aromatic rings. The van der Waals surface area contributed by atoms with E-state index in [0.29, 0.717) is 41.1 Å². The van der Waals surface area contributed by atoms with Crippen molar-refractivity contribution in [3.63, 3.8) is 0 Å². The average Bonchev–Trinajstić information content (AvgIpc) is 3.37. The van der Waals surface area contributed by atoms with E-state index in [1.807, 2.05) is 12.1 Å². The number of hydrogen-bond acceptors (Lipinski definition) is 3. The van der Waals surface area contributed by atoms with Crippen LogP contribution in [0.3, 0.4) is 0 Å². The van der Waals surface area contributed by atoms with Crippen molar-refractivity contribution in [3.05, 3.63) is 41.5 Å². The Morgan fingerprint density at radius 2 is 1.53 bits per heavy atom. The molecule has 0 saturated heterocycles. The van der Waals surface area contributed by atoms with Gasteiger partial charge < -0.3 is 15.5 Å². The highest BCUT2D eigenvalue weighted by atomic mass is 16.4. The number of aromatic carboxylic acids is 1. The molecule has 3 N–H and O–H groups in total. The van der Waals surface area contributed by atoms with Gasteiger partial charge in [-0.1, -0.05) is 66.7 Å². The molecular weight excluding hydrogens is 562 g/mol. The first-order valence-electron chi connectivity index (χ1n) is 17.6. The molecule has 4 fully saturated rings. The summed E-state index contributed by atoms with van der Waals surface area (Å²) in [6.45, 7) is 17.0. The highest BCUT2D eigenvalue weighted by molar-refractivity contribution is 5.88. The maximum Gasteiger partial charge on any atom is 0.335 e. The summed E-state index contributed by atoms with van der Waals surface area (Å²) in [5, 5.41) is 21.6. The summed E-state index contributed by atoms with van der Waals surface area (Å²) in [4.78, 5) is 36.8. The molecule has 0 aliphatic heterocycles. The van der Waals surface area contributed by atoms with Gasteiger partial charge in [0.2, 0.25) is 5.91 Å². The molecule has 45 heavy (non-hydrogen) atoms. The first-order chi connectivity index (χ1) is 21.0. The number of carbonyl (C=O) groups is 3. The van der Waals surface area contributed by atoms with Crippen LogP contribution < -0.4 is 5.32 Å². The summed E-state index contributed by atoms with van der Waals surface area (Å²) in [5.74, 6) is 1.00. The number of aliphatic carboxylic acids is 1. The van der Waals surface area contributed by atoms with Crippen LogP contribution in [0.4, 0.5) is 0 Å². The largest absolute Gasteiger partial charge is 0.480 e. The van der Waals surface area contributed by atoms with Gasteiger partial charge in [0.25, 0.3) is 0 Å². The van der Waals surface area contributed by atoms with Gasteiger partial charge in [0.1, 0.15) is 6.54 Å². The summed E-state index contributed by atoms with van der Waals surface area (Å²) in [7, 11) is 0. The van der Waals surface area contributed by atoms with Gasteiger partial charge in [0.05, 0.1) is 11.0 Å². The number of allylic oxidation sites excluding steroid dienone is 2. The number of carbonyl (C=O) groups excluding carboxylic acids is 1. The lowest BCUT2D eigenvalue weighted by Crippen LogP contribution is -2.66. The Morgan fingerprint density at radius 3 is 2.16 bits per heavy atom. The second-order valence-electron chi connectivity index (χ2n) is 17.3. The van der Waals surface area contributed by atoms with Gasteiger partial charge in [0, 0.05) is 0 Å². The van der Waals surface area contributed by atoms with Crippen LogP contribution in [0.25, 0.3) is 5.57 Å². The fourth-order valence-electron chi connectivity index (χ4n) is 13.0. The molecule has 0 spiro atoms. The number of nitrogens with one attached hydrogen (secondary N) is 1. The summed E-state index contributed by atoms with van der Waals surface area (Å²) in [5.41, 5.74) is 2.80. The van der Waals surface area contributed by atoms with Crippen molar-refractivity contribution in [1.29, 1.82) is 0 Å². The van der Waals surface area contributed by atoms with Gasteiger partial charge in [-0.15, -0.1) is 0 Å². The molecule has 4 saturated carbocycles. The van der Waals surface area contributed by atoms with Crippen LogP contribution in [-0.2, 0) is 9.59 Å². The maximum absolute atomic E-state index is 13.9. The van der Waals surface area contributed by atoms with Gasteiger partial charge in [-0.25, -0.2) is 4.79 Å². The molecular formula is C39H55NO5. The maximum atomic E-state index is 13.9. The number of hydrogen-bond donors (Lipinski definition) is 3. The molecule has 0 radical (unpaired) electrons. The molecule has 5 aliphatic rings. The van der Waals surface area contributed by atoms with Crippen LogP contribution in [0.5, 0.6) is 0 Å². The van der Waals surface area contributed by atoms with Crippen LogP contribution in [0.1, 0.15) is 122 Å². The third-order valence-electron chi connectivity index (χ3n) is 15.2. The van der Waals surface area contributed by atoms with Crippen molar-refractivity contribution in [2.75, 3.05) is 6.54 Å². The Labute approximate surface area is 269 Å². The van der Waals surface area contributed by atoms with E-state index in [0.717, 1.165) is 44.1 Å². The topological polar surface area (TPSA) is 104 Å². The molecule has 246 valence electrons. The standard InChI is InChI=1S/C39H55NO5/c1-23(2)26-14-19-39(34(45)40-22-31(41)42)21-20-37(6)28(32(26)39)12-13-30-36(5)17-15-27(24-8-10-25(11-9-24)33(43)44)35(3,4)29(36)16-18-38(30,37)7/h8-11,15,23,26,28-30,32H,12-14,16-22H2,1-7H3,(H,40,45)(H,41,42)(H,43,44)/t26-,28+,29?,30?,32?,36-,37+,38+,39-/m0/s1. The van der Waals surface area contributed by atoms with Crippen LogP contribution in [0.15, 0.2) is 30.3 Å². The van der Waals surface area contributed by atoms with Crippen LogP contribution >= 0.6 is 0 Å². The average molecular weight is 618 g/mol. The van der Waals surface area contributed by atoms with Crippen molar-refractivity contribution in [2.24, 2.45) is 62.6 Å². The molecule has 9 atom stereocenters. The zero-order valence-electron chi connectivity index (χ0n) is 28.5. The minimum Gasteiger partial charge on any atom is -0.480 e. The summed E-state index contributed by atoms with van der Waals surface area (Å²) >= 11 is 0. The number of carboxylic acids is 2. The van der Waals surface area contributed by atoms with E-state index in [9.17, 15) is 24.6 Å². The molecule has 0 aromatic heterocycles. The SMILES string of the molecule is CC(C)[C@@H]1CC[C@]2(C(=O)NCC(=O)O)CC[C@]3(C)[C@H](CCC4[C@@]5(C)CC=C(c6ccc(C(=O)O)cc6)C(C)(C)C5CC[C@]43C)C12. The lowest BCUT2D eigenvalue weighted by Gasteiger charge is -2.72. The van der Waals surface area contributed by atoms with Crippen molar-refractivity contribution < 1.29 is 24.6 Å². The third-order valence-corrected chi connectivity index (χ3v) is 15.2. The minimum atomic E-state index is -0.974. The van der Waals surface area contributed by atoms with Crippen LogP contribution in [0, 0.1) is 62.6 Å². The smallest absolute Gasteiger partial charge is 0.335 e. The Balaban J connectivity index is 1.34. The molecule has 0 bridgehead atoms. The molecule has 0 heterocycles. The molecule has 1 amide bonds. The third kappa shape index (κ3) is 4.50. The van der Waals surface area contributed by atoms with E-state index < -0.39 is 17.4 Å². The Bertz CT molecular complexity index is 1410. The number of rotatable bonds is 6. The highest BCUT2D eigenvalue weighted by Gasteiger charge is 2.71. The van der Waals surface area contributed by atoms with Crippen molar-refractivity contribution >= 4 is 23.4 Å². The van der Waals surface area contributed by atoms with E-state index in [2.05, 4.69) is 59.9 Å². The fourth-order valence-corrected chi connectivity index (χ4v) is 13.0. The molecule has 1 aromatic carbocycles. The van der Waals surface area contributed by atoms with E-state index >= 15 is 0 Å². The second kappa shape index (κ2) is 10.7. The van der Waals surface area contributed by atoms with E-state index in [1.165, 1.54) is 24.8 Å². The van der Waals surface area contributed by atoms with E-state index in [-0.39, 0.29) is 34.1 Å². The fraction of sp³-hybridized carbons (Fsp3) is 0.718. The number of carboxylic acid groups (broad SMARTS) is 2. The van der Waals surface area contributed by atoms with Gasteiger partial charge in [-0.3, -0.25) is 9.59 Å². The molecule has 3 unspecified atom stereocenters. The normalized spacial score (nSPS) is 41.6. The number of fused-ring (bicyclic) bond motifs is 7. The predicted molar refractivity (Wildman–Crippen MR) is 176 cm³/mol. The Kier molecular flexibility index (Phi) is 7.69. The quantitative estimate of drug-likeness (QED) is 0.298. The summed E-state index contributed by atoms with van der Waals surface area (Å²) in [6.07, 6.45) is 12.1. The summed E-state index contributed by atoms with van der Waals surface area (Å²) in [6, 6.07) is 7.46. The summed E-state index contributed by atoms with van der Waals surface area (Å²) < 4.78 is 0. The van der Waals surface area contributed by atoms with Gasteiger partial charge in [-0.2, -0.15) is 0 Å². The van der Waals surface area contributed by atoms with Crippen molar-refractivity contribution in [3.8, 4) is 0 Å². The molecule has 6 nitrogen and oxygen atoms in total. The van der Waals surface area contributed by atoms with Crippen molar-refractivity contribution in [2.45, 2.75) is 106 Å². The zero-order valence-corrected chi connectivity index (χ0v) is 28.5. The molecule has 6 heteroatoms. The van der Waals surface area contributed by atoms with E-state index in [1.54, 1.807) is 12.1 Å². The Hall–Kier alpha value is -2.63. The number of benzene rings is 1. The van der Waals surface area contributed by atoms with Crippen LogP contribution in [0.2, 0.25) is 0 Å². The molecule has 6 rings (SSSR count). The molecule has 5 aliphatic carbocycles. The monoisotopic (exact) mass is 617 g/mol. The van der Waals surface area contributed by atoms with Gasteiger partial charge in [-0.05, 0) is 138 Å². The van der Waals surface area contributed by atoms with E-state index in [4.69, 9.17) is 0 Å². The minimum absolute atomic E-state index is 0.00821. The predicted octanol–water partition coefficient (Wildman–Crippen LogP) is 8.32. The Morgan fingerprint density at radius 1 is 0.844 bits per heavy atom. The first-order valence-corrected chi connectivity index (χ1v) is 17.6. The lowest BCUT2D eigenvalue weighted by molar-refractivity contribution is -0.227. The van der Waals surface area contributed by atoms with Crippen LogP contribution in [-0.4, -0.2) is 34.6 Å². The zero-order chi connectivity index (χ0) is 32.7. The second-order valence-corrected chi connectivity index (χ2v) is 17.3. The highest BCUT2D eigenvalue weighted by Crippen LogP contribution is 2.77. The number of amides is 1.